The first-order chi connectivity index (χ1) is 7.69. The lowest BCUT2D eigenvalue weighted by molar-refractivity contribution is 0.0907. The summed E-state index contributed by atoms with van der Waals surface area (Å²) in [6, 6.07) is 3.62. The summed E-state index contributed by atoms with van der Waals surface area (Å²) in [5.74, 6) is 1.66. The van der Waals surface area contributed by atoms with E-state index in [1.54, 1.807) is 12.1 Å². The zero-order valence-electron chi connectivity index (χ0n) is 9.53. The average Bonchev–Trinajstić information content (AvgIpc) is 2.93. The molecule has 0 aliphatic heterocycles. The summed E-state index contributed by atoms with van der Waals surface area (Å²) < 4.78 is 5.28. The van der Waals surface area contributed by atoms with Crippen molar-refractivity contribution in [1.29, 1.82) is 0 Å². The van der Waals surface area contributed by atoms with Crippen LogP contribution in [0.1, 0.15) is 42.5 Å². The average molecular weight is 222 g/mol. The Morgan fingerprint density at radius 1 is 1.62 bits per heavy atom. The van der Waals surface area contributed by atoms with Gasteiger partial charge in [-0.05, 0) is 31.4 Å². The Hall–Kier alpha value is -1.29. The molecule has 88 valence electrons. The summed E-state index contributed by atoms with van der Waals surface area (Å²) in [7, 11) is 0. The van der Waals surface area contributed by atoms with Gasteiger partial charge in [-0.1, -0.05) is 12.8 Å². The molecule has 16 heavy (non-hydrogen) atoms. The largest absolute Gasteiger partial charge is 0.455 e. The molecule has 4 heteroatoms. The van der Waals surface area contributed by atoms with Gasteiger partial charge in [-0.25, -0.2) is 0 Å². The van der Waals surface area contributed by atoms with Gasteiger partial charge in [-0.15, -0.1) is 0 Å². The highest BCUT2D eigenvalue weighted by molar-refractivity contribution is 5.91. The normalized spacial score (nSPS) is 17.1. The molecule has 0 saturated heterocycles. The van der Waals surface area contributed by atoms with Crippen molar-refractivity contribution < 1.29 is 9.21 Å². The maximum absolute atomic E-state index is 11.7. The van der Waals surface area contributed by atoms with Crippen molar-refractivity contribution in [2.75, 3.05) is 0 Å². The minimum atomic E-state index is -0.146. The van der Waals surface area contributed by atoms with Crippen LogP contribution in [-0.2, 0) is 6.54 Å². The van der Waals surface area contributed by atoms with E-state index in [0.29, 0.717) is 18.1 Å². The fourth-order valence-electron chi connectivity index (χ4n) is 1.82. The van der Waals surface area contributed by atoms with E-state index in [9.17, 15) is 4.79 Å². The van der Waals surface area contributed by atoms with E-state index in [0.717, 1.165) is 12.3 Å². The first kappa shape index (κ1) is 11.2. The Bertz CT molecular complexity index is 369. The smallest absolute Gasteiger partial charge is 0.287 e. The summed E-state index contributed by atoms with van der Waals surface area (Å²) in [5.41, 5.74) is 5.41. The summed E-state index contributed by atoms with van der Waals surface area (Å²) in [4.78, 5) is 11.7. The predicted octanol–water partition coefficient (Wildman–Crippen LogP) is 1.66. The van der Waals surface area contributed by atoms with Gasteiger partial charge in [0, 0.05) is 6.04 Å². The van der Waals surface area contributed by atoms with Gasteiger partial charge in [-0.2, -0.15) is 0 Å². The third-order valence-electron chi connectivity index (χ3n) is 2.85. The van der Waals surface area contributed by atoms with Gasteiger partial charge >= 0.3 is 0 Å². The van der Waals surface area contributed by atoms with Crippen molar-refractivity contribution in [3.05, 3.63) is 23.7 Å². The molecule has 0 spiro atoms. The van der Waals surface area contributed by atoms with Crippen molar-refractivity contribution in [3.63, 3.8) is 0 Å². The summed E-state index contributed by atoms with van der Waals surface area (Å²) >= 11 is 0. The van der Waals surface area contributed by atoms with Crippen LogP contribution < -0.4 is 11.1 Å². The van der Waals surface area contributed by atoms with Gasteiger partial charge in [0.2, 0.25) is 0 Å². The predicted molar refractivity (Wildman–Crippen MR) is 60.9 cm³/mol. The Balaban J connectivity index is 1.85. The van der Waals surface area contributed by atoms with Crippen LogP contribution >= 0.6 is 0 Å². The van der Waals surface area contributed by atoms with Gasteiger partial charge in [0.05, 0.1) is 6.54 Å². The molecular formula is C12H18N2O2. The number of nitrogens with two attached hydrogens (primary N) is 1. The Morgan fingerprint density at radius 3 is 2.94 bits per heavy atom. The molecule has 4 nitrogen and oxygen atoms in total. The molecule has 2 rings (SSSR count). The van der Waals surface area contributed by atoms with Gasteiger partial charge in [-0.3, -0.25) is 4.79 Å². The maximum Gasteiger partial charge on any atom is 0.287 e. The molecule has 3 N–H and O–H groups in total. The number of hydrogen-bond acceptors (Lipinski definition) is 3. The lowest BCUT2D eigenvalue weighted by Gasteiger charge is -2.11. The fourth-order valence-corrected chi connectivity index (χ4v) is 1.82. The first-order valence-electron chi connectivity index (χ1n) is 5.78. The number of hydrogen-bond donors (Lipinski definition) is 2. The summed E-state index contributed by atoms with van der Waals surface area (Å²) in [6.07, 6.45) is 3.67. The molecule has 1 fully saturated rings. The molecule has 1 atom stereocenters. The van der Waals surface area contributed by atoms with Crippen LogP contribution in [-0.4, -0.2) is 11.9 Å². The number of carbonyl (C=O) groups excluding carboxylic acids is 1. The third kappa shape index (κ3) is 2.85. The van der Waals surface area contributed by atoms with E-state index in [2.05, 4.69) is 5.32 Å². The monoisotopic (exact) mass is 222 g/mol. The highest BCUT2D eigenvalue weighted by atomic mass is 16.4. The topological polar surface area (TPSA) is 68.3 Å². The standard InChI is InChI=1S/C12H18N2O2/c1-8(6-9-2-3-9)14-12(15)11-5-4-10(7-13)16-11/h4-5,8-9H,2-3,6-7,13H2,1H3,(H,14,15). The molecule has 1 aromatic rings. The quantitative estimate of drug-likeness (QED) is 0.796. The number of amides is 1. The molecule has 0 radical (unpaired) electrons. The zero-order valence-corrected chi connectivity index (χ0v) is 9.53. The third-order valence-corrected chi connectivity index (χ3v) is 2.85. The minimum absolute atomic E-state index is 0.146. The minimum Gasteiger partial charge on any atom is -0.455 e. The first-order valence-corrected chi connectivity index (χ1v) is 5.78. The van der Waals surface area contributed by atoms with E-state index in [-0.39, 0.29) is 11.9 Å². The van der Waals surface area contributed by atoms with E-state index >= 15 is 0 Å². The highest BCUT2D eigenvalue weighted by Crippen LogP contribution is 2.33. The number of nitrogens with one attached hydrogen (secondary N) is 1. The van der Waals surface area contributed by atoms with E-state index < -0.39 is 0 Å². The molecule has 1 aromatic heterocycles. The molecule has 1 aliphatic rings. The van der Waals surface area contributed by atoms with E-state index in [1.165, 1.54) is 12.8 Å². The molecule has 1 unspecified atom stereocenters. The number of rotatable bonds is 5. The Morgan fingerprint density at radius 2 is 2.38 bits per heavy atom. The van der Waals surface area contributed by atoms with Crippen molar-refractivity contribution in [1.82, 2.24) is 5.32 Å². The zero-order chi connectivity index (χ0) is 11.5. The highest BCUT2D eigenvalue weighted by Gasteiger charge is 2.24. The lowest BCUT2D eigenvalue weighted by atomic mass is 10.1. The van der Waals surface area contributed by atoms with Crippen molar-refractivity contribution in [2.45, 2.75) is 38.8 Å². The molecule has 1 amide bonds. The second-order valence-corrected chi connectivity index (χ2v) is 4.52. The molecule has 0 aromatic carbocycles. The molecule has 1 heterocycles. The van der Waals surface area contributed by atoms with Crippen LogP contribution in [0.4, 0.5) is 0 Å². The van der Waals surface area contributed by atoms with Gasteiger partial charge in [0.15, 0.2) is 5.76 Å². The molecule has 1 saturated carbocycles. The van der Waals surface area contributed by atoms with Crippen LogP contribution in [0.2, 0.25) is 0 Å². The SMILES string of the molecule is CC(CC1CC1)NC(=O)c1ccc(CN)o1. The maximum atomic E-state index is 11.7. The van der Waals surface area contributed by atoms with Crippen LogP contribution in [0.15, 0.2) is 16.5 Å². The number of carbonyl (C=O) groups is 1. The Labute approximate surface area is 95.2 Å². The molecule has 0 bridgehead atoms. The van der Waals surface area contributed by atoms with E-state index in [4.69, 9.17) is 10.2 Å². The lowest BCUT2D eigenvalue weighted by Crippen LogP contribution is -2.32. The second-order valence-electron chi connectivity index (χ2n) is 4.52. The fraction of sp³-hybridized carbons (Fsp3) is 0.583. The number of furan rings is 1. The molecular weight excluding hydrogens is 204 g/mol. The van der Waals surface area contributed by atoms with Crippen molar-refractivity contribution in [2.24, 2.45) is 11.7 Å². The van der Waals surface area contributed by atoms with Crippen LogP contribution in [0.5, 0.6) is 0 Å². The van der Waals surface area contributed by atoms with Gasteiger partial charge in [0.1, 0.15) is 5.76 Å². The van der Waals surface area contributed by atoms with Gasteiger partial charge < -0.3 is 15.5 Å². The Kier molecular flexibility index (Phi) is 3.29. The van der Waals surface area contributed by atoms with Crippen LogP contribution in [0.3, 0.4) is 0 Å². The summed E-state index contributed by atoms with van der Waals surface area (Å²) in [6.45, 7) is 2.36. The molecule has 1 aliphatic carbocycles. The van der Waals surface area contributed by atoms with Crippen molar-refractivity contribution in [3.8, 4) is 0 Å². The van der Waals surface area contributed by atoms with Crippen molar-refractivity contribution >= 4 is 5.91 Å². The van der Waals surface area contributed by atoms with Crippen LogP contribution in [0.25, 0.3) is 0 Å². The second kappa shape index (κ2) is 4.70. The summed E-state index contributed by atoms with van der Waals surface area (Å²) in [5, 5.41) is 2.93. The van der Waals surface area contributed by atoms with Gasteiger partial charge in [0.25, 0.3) is 5.91 Å². The van der Waals surface area contributed by atoms with Crippen LogP contribution in [0, 0.1) is 5.92 Å². The van der Waals surface area contributed by atoms with E-state index in [1.807, 2.05) is 6.92 Å².